The number of nitrogens with zero attached hydrogens (tertiary/aromatic N) is 1. The van der Waals surface area contributed by atoms with Crippen LogP contribution in [0, 0.1) is 0 Å². The summed E-state index contributed by atoms with van der Waals surface area (Å²) in [7, 11) is 2.19. The smallest absolute Gasteiger partial charge is 0.249 e. The molecule has 1 aliphatic rings. The number of carbonyl (C=O) groups is 1. The van der Waals surface area contributed by atoms with Crippen molar-refractivity contribution in [3.63, 3.8) is 0 Å². The lowest BCUT2D eigenvalue weighted by molar-refractivity contribution is 0.100. The summed E-state index contributed by atoms with van der Waals surface area (Å²) < 4.78 is 0. The van der Waals surface area contributed by atoms with Crippen molar-refractivity contribution in [3.8, 4) is 0 Å². The Morgan fingerprint density at radius 3 is 2.94 bits per heavy atom. The van der Waals surface area contributed by atoms with E-state index < -0.39 is 0 Å². The first-order valence-electron chi connectivity index (χ1n) is 6.38. The van der Waals surface area contributed by atoms with Gasteiger partial charge in [0.1, 0.15) is 0 Å². The van der Waals surface area contributed by atoms with Crippen molar-refractivity contribution in [1.29, 1.82) is 0 Å². The molecule has 1 atom stereocenters. The molecule has 5 heteroatoms. The molecule has 0 bridgehead atoms. The van der Waals surface area contributed by atoms with Crippen LogP contribution in [-0.2, 0) is 6.54 Å². The van der Waals surface area contributed by atoms with Gasteiger partial charge in [-0.1, -0.05) is 0 Å². The summed E-state index contributed by atoms with van der Waals surface area (Å²) in [4.78, 5) is 14.6. The van der Waals surface area contributed by atoms with Crippen LogP contribution in [0.25, 0.3) is 0 Å². The quantitative estimate of drug-likeness (QED) is 0.785. The number of nitrogens with two attached hydrogens (primary N) is 1. The summed E-state index contributed by atoms with van der Waals surface area (Å²) in [5, 5.41) is 5.25. The number of rotatable bonds is 7. The number of hydrogen-bond donors (Lipinski definition) is 2. The summed E-state index contributed by atoms with van der Waals surface area (Å²) in [5.41, 5.74) is 5.84. The summed E-state index contributed by atoms with van der Waals surface area (Å²) in [5.74, 6) is -0.348. The Labute approximate surface area is 112 Å². The van der Waals surface area contributed by atoms with Gasteiger partial charge in [0, 0.05) is 35.4 Å². The molecule has 1 heterocycles. The minimum absolute atomic E-state index is 0.348. The molecule has 3 N–H and O–H groups in total. The molecule has 1 aliphatic carbocycles. The number of primary amides is 1. The van der Waals surface area contributed by atoms with E-state index in [9.17, 15) is 4.79 Å². The maximum atomic E-state index is 11.0. The number of amides is 1. The minimum Gasteiger partial charge on any atom is -0.366 e. The number of thiophene rings is 1. The van der Waals surface area contributed by atoms with Crippen molar-refractivity contribution < 1.29 is 4.79 Å². The van der Waals surface area contributed by atoms with Crippen molar-refractivity contribution >= 4 is 17.2 Å². The van der Waals surface area contributed by atoms with Gasteiger partial charge in [0.15, 0.2) is 0 Å². The van der Waals surface area contributed by atoms with E-state index in [4.69, 9.17) is 5.73 Å². The van der Waals surface area contributed by atoms with Crippen molar-refractivity contribution in [2.45, 2.75) is 38.4 Å². The van der Waals surface area contributed by atoms with Crippen LogP contribution in [0.15, 0.2) is 11.4 Å². The zero-order chi connectivity index (χ0) is 13.1. The summed E-state index contributed by atoms with van der Waals surface area (Å²) in [6.45, 7) is 4.02. The predicted molar refractivity (Wildman–Crippen MR) is 74.8 cm³/mol. The standard InChI is InChI=1S/C13H21N3OS/c1-9(16(2)11-3-4-11)6-15-7-12-5-10(8-18-12)13(14)17/h5,8-9,11,15H,3-4,6-7H2,1-2H3,(H2,14,17). The summed E-state index contributed by atoms with van der Waals surface area (Å²) >= 11 is 1.58. The van der Waals surface area contributed by atoms with E-state index in [1.54, 1.807) is 11.3 Å². The second-order valence-electron chi connectivity index (χ2n) is 5.04. The van der Waals surface area contributed by atoms with E-state index in [0.29, 0.717) is 11.6 Å². The molecule has 1 unspecified atom stereocenters. The Hall–Kier alpha value is -0.910. The van der Waals surface area contributed by atoms with Gasteiger partial charge in [-0.25, -0.2) is 0 Å². The Balaban J connectivity index is 1.72. The average Bonchev–Trinajstić information content (AvgIpc) is 3.07. The van der Waals surface area contributed by atoms with Crippen LogP contribution >= 0.6 is 11.3 Å². The third-order valence-corrected chi connectivity index (χ3v) is 4.43. The van der Waals surface area contributed by atoms with Gasteiger partial charge in [-0.3, -0.25) is 9.69 Å². The van der Waals surface area contributed by atoms with E-state index in [2.05, 4.69) is 24.2 Å². The first-order chi connectivity index (χ1) is 8.58. The molecule has 0 spiro atoms. The molecular weight excluding hydrogens is 246 g/mol. The second-order valence-corrected chi connectivity index (χ2v) is 6.04. The molecule has 4 nitrogen and oxygen atoms in total. The molecule has 0 aromatic carbocycles. The highest BCUT2D eigenvalue weighted by atomic mass is 32.1. The molecule has 1 fully saturated rings. The molecule has 1 saturated carbocycles. The van der Waals surface area contributed by atoms with Crippen molar-refractivity contribution in [3.05, 3.63) is 21.9 Å². The van der Waals surface area contributed by atoms with Gasteiger partial charge >= 0.3 is 0 Å². The van der Waals surface area contributed by atoms with Crippen LogP contribution in [0.4, 0.5) is 0 Å². The molecule has 1 amide bonds. The van der Waals surface area contributed by atoms with Crippen LogP contribution in [0.5, 0.6) is 0 Å². The lowest BCUT2D eigenvalue weighted by Gasteiger charge is -2.24. The topological polar surface area (TPSA) is 58.4 Å². The first-order valence-corrected chi connectivity index (χ1v) is 7.25. The van der Waals surface area contributed by atoms with Crippen LogP contribution in [0.3, 0.4) is 0 Å². The normalized spacial score (nSPS) is 17.1. The molecule has 0 aliphatic heterocycles. The Bertz CT molecular complexity index is 414. The van der Waals surface area contributed by atoms with Gasteiger partial charge in [-0.2, -0.15) is 0 Å². The average molecular weight is 267 g/mol. The Morgan fingerprint density at radius 1 is 1.67 bits per heavy atom. The highest BCUT2D eigenvalue weighted by Crippen LogP contribution is 2.26. The number of likely N-dealkylation sites (N-methyl/N-ethyl adjacent to an activating group) is 1. The second kappa shape index (κ2) is 5.82. The maximum absolute atomic E-state index is 11.0. The highest BCUT2D eigenvalue weighted by Gasteiger charge is 2.28. The fourth-order valence-electron chi connectivity index (χ4n) is 1.99. The fraction of sp³-hybridized carbons (Fsp3) is 0.615. The molecule has 0 saturated heterocycles. The lowest BCUT2D eigenvalue weighted by Crippen LogP contribution is -2.38. The third kappa shape index (κ3) is 3.54. The van der Waals surface area contributed by atoms with Crippen LogP contribution < -0.4 is 11.1 Å². The molecule has 0 radical (unpaired) electrons. The molecule has 1 aromatic heterocycles. The molecule has 2 rings (SSSR count). The monoisotopic (exact) mass is 267 g/mol. The van der Waals surface area contributed by atoms with Crippen LogP contribution in [-0.4, -0.2) is 36.5 Å². The number of hydrogen-bond acceptors (Lipinski definition) is 4. The molecule has 100 valence electrons. The van der Waals surface area contributed by atoms with E-state index in [0.717, 1.165) is 24.0 Å². The van der Waals surface area contributed by atoms with E-state index in [1.807, 2.05) is 11.4 Å². The third-order valence-electron chi connectivity index (χ3n) is 3.50. The fourth-order valence-corrected chi connectivity index (χ4v) is 2.84. The van der Waals surface area contributed by atoms with Gasteiger partial charge in [0.2, 0.25) is 5.91 Å². The van der Waals surface area contributed by atoms with Crippen molar-refractivity contribution in [2.75, 3.05) is 13.6 Å². The Kier molecular flexibility index (Phi) is 4.37. The zero-order valence-electron chi connectivity index (χ0n) is 11.0. The first kappa shape index (κ1) is 13.5. The molecule has 18 heavy (non-hydrogen) atoms. The van der Waals surface area contributed by atoms with Gasteiger partial charge < -0.3 is 11.1 Å². The van der Waals surface area contributed by atoms with E-state index in [-0.39, 0.29) is 5.91 Å². The number of carbonyl (C=O) groups excluding carboxylic acids is 1. The molecule has 1 aromatic rings. The van der Waals surface area contributed by atoms with Gasteiger partial charge in [0.05, 0.1) is 5.56 Å². The van der Waals surface area contributed by atoms with Gasteiger partial charge in [-0.05, 0) is 32.9 Å². The predicted octanol–water partition coefficient (Wildman–Crippen LogP) is 1.42. The zero-order valence-corrected chi connectivity index (χ0v) is 11.8. The van der Waals surface area contributed by atoms with Crippen LogP contribution in [0.1, 0.15) is 35.0 Å². The van der Waals surface area contributed by atoms with Crippen LogP contribution in [0.2, 0.25) is 0 Å². The lowest BCUT2D eigenvalue weighted by atomic mass is 10.2. The Morgan fingerprint density at radius 2 is 2.39 bits per heavy atom. The van der Waals surface area contributed by atoms with Crippen molar-refractivity contribution in [1.82, 2.24) is 10.2 Å². The minimum atomic E-state index is -0.348. The SMILES string of the molecule is CC(CNCc1cc(C(N)=O)cs1)N(C)C1CC1. The molecular formula is C13H21N3OS. The maximum Gasteiger partial charge on any atom is 0.249 e. The highest BCUT2D eigenvalue weighted by molar-refractivity contribution is 7.10. The van der Waals surface area contributed by atoms with Gasteiger partial charge in [0.25, 0.3) is 0 Å². The van der Waals surface area contributed by atoms with Gasteiger partial charge in [-0.15, -0.1) is 11.3 Å². The summed E-state index contributed by atoms with van der Waals surface area (Å²) in [6.07, 6.45) is 2.68. The number of nitrogens with one attached hydrogen (secondary N) is 1. The largest absolute Gasteiger partial charge is 0.366 e. The van der Waals surface area contributed by atoms with E-state index in [1.165, 1.54) is 12.8 Å². The van der Waals surface area contributed by atoms with E-state index >= 15 is 0 Å². The van der Waals surface area contributed by atoms with Crippen molar-refractivity contribution in [2.24, 2.45) is 5.73 Å². The summed E-state index contributed by atoms with van der Waals surface area (Å²) in [6, 6.07) is 3.22.